The van der Waals surface area contributed by atoms with Crippen molar-refractivity contribution in [3.63, 3.8) is 0 Å². The van der Waals surface area contributed by atoms with E-state index >= 15 is 0 Å². The van der Waals surface area contributed by atoms with E-state index in [9.17, 15) is 9.59 Å². The van der Waals surface area contributed by atoms with Crippen molar-refractivity contribution < 1.29 is 19.1 Å². The van der Waals surface area contributed by atoms with Gasteiger partial charge in [0, 0.05) is 29.8 Å². The van der Waals surface area contributed by atoms with Gasteiger partial charge in [-0.05, 0) is 24.3 Å². The topological polar surface area (TPSA) is 80.4 Å². The van der Waals surface area contributed by atoms with Crippen LogP contribution in [0.1, 0.15) is 27.3 Å². The number of aromatic nitrogens is 1. The molecule has 0 aliphatic carbocycles. The second kappa shape index (κ2) is 5.55. The third-order valence-corrected chi connectivity index (χ3v) is 3.68. The second-order valence-electron chi connectivity index (χ2n) is 4.97. The van der Waals surface area contributed by atoms with Gasteiger partial charge >= 0.3 is 0 Å². The smallest absolute Gasteiger partial charge is 0.268 e. The lowest BCUT2D eigenvalue weighted by molar-refractivity contribution is 0.0952. The van der Waals surface area contributed by atoms with E-state index in [1.807, 2.05) is 6.07 Å². The standard InChI is InChI=1S/C16H16N2O4/c1-21-13-4-3-9(7-14(13)22-2)11-8-10-12(19)5-6-17-16(20)15(10)18-11/h3-4,7-8,18H,5-6H2,1-2H3,(H,17,20). The molecule has 0 saturated carbocycles. The van der Waals surface area contributed by atoms with E-state index < -0.39 is 0 Å². The molecule has 0 radical (unpaired) electrons. The molecule has 0 unspecified atom stereocenters. The van der Waals surface area contributed by atoms with Crippen molar-refractivity contribution in [2.75, 3.05) is 20.8 Å². The molecule has 1 aromatic carbocycles. The molecule has 3 rings (SSSR count). The molecule has 1 aliphatic rings. The Balaban J connectivity index is 2.07. The zero-order valence-corrected chi connectivity index (χ0v) is 12.4. The highest BCUT2D eigenvalue weighted by Gasteiger charge is 2.24. The zero-order chi connectivity index (χ0) is 15.7. The van der Waals surface area contributed by atoms with Crippen LogP contribution in [0, 0.1) is 0 Å². The number of hydrogen-bond donors (Lipinski definition) is 2. The first-order chi connectivity index (χ1) is 10.6. The number of aromatic amines is 1. The number of fused-ring (bicyclic) bond motifs is 1. The van der Waals surface area contributed by atoms with Gasteiger partial charge in [0.1, 0.15) is 5.69 Å². The quantitative estimate of drug-likeness (QED) is 0.908. The molecule has 22 heavy (non-hydrogen) atoms. The van der Waals surface area contributed by atoms with Gasteiger partial charge in [-0.1, -0.05) is 0 Å². The maximum Gasteiger partial charge on any atom is 0.268 e. The predicted octanol–water partition coefficient (Wildman–Crippen LogP) is 2.02. The highest BCUT2D eigenvalue weighted by Crippen LogP contribution is 2.33. The van der Waals surface area contributed by atoms with Crippen molar-refractivity contribution in [2.45, 2.75) is 6.42 Å². The van der Waals surface area contributed by atoms with Crippen LogP contribution in [0.3, 0.4) is 0 Å². The average Bonchev–Trinajstić information content (AvgIpc) is 2.94. The largest absolute Gasteiger partial charge is 0.493 e. The van der Waals surface area contributed by atoms with E-state index in [0.29, 0.717) is 41.4 Å². The van der Waals surface area contributed by atoms with Crippen molar-refractivity contribution in [3.8, 4) is 22.8 Å². The minimum atomic E-state index is -0.257. The molecule has 1 aromatic heterocycles. The Labute approximate surface area is 127 Å². The van der Waals surface area contributed by atoms with Crippen LogP contribution in [-0.2, 0) is 0 Å². The van der Waals surface area contributed by atoms with Crippen molar-refractivity contribution in [2.24, 2.45) is 0 Å². The molecule has 0 atom stereocenters. The number of nitrogens with one attached hydrogen (secondary N) is 2. The average molecular weight is 300 g/mol. The van der Waals surface area contributed by atoms with Gasteiger partial charge in [-0.2, -0.15) is 0 Å². The van der Waals surface area contributed by atoms with Gasteiger partial charge in [0.2, 0.25) is 0 Å². The fourth-order valence-corrected chi connectivity index (χ4v) is 2.53. The molecule has 0 saturated heterocycles. The second-order valence-corrected chi connectivity index (χ2v) is 4.97. The Morgan fingerprint density at radius 3 is 2.55 bits per heavy atom. The maximum atomic E-state index is 12.1. The number of ketones is 1. The molecular weight excluding hydrogens is 284 g/mol. The Hall–Kier alpha value is -2.76. The fourth-order valence-electron chi connectivity index (χ4n) is 2.53. The third kappa shape index (κ3) is 2.32. The Kier molecular flexibility index (Phi) is 3.58. The number of benzene rings is 1. The lowest BCUT2D eigenvalue weighted by atomic mass is 10.1. The van der Waals surface area contributed by atoms with Gasteiger partial charge in [0.25, 0.3) is 5.91 Å². The van der Waals surface area contributed by atoms with E-state index in [1.54, 1.807) is 32.4 Å². The number of carbonyl (C=O) groups is 2. The number of H-pyrrole nitrogens is 1. The van der Waals surface area contributed by atoms with Crippen molar-refractivity contribution in [1.29, 1.82) is 0 Å². The molecule has 6 nitrogen and oxygen atoms in total. The maximum absolute atomic E-state index is 12.1. The molecule has 0 spiro atoms. The first-order valence-corrected chi connectivity index (χ1v) is 6.91. The van der Waals surface area contributed by atoms with Gasteiger partial charge in [-0.3, -0.25) is 9.59 Å². The summed E-state index contributed by atoms with van der Waals surface area (Å²) in [5.74, 6) is 0.901. The molecule has 2 heterocycles. The summed E-state index contributed by atoms with van der Waals surface area (Å²) < 4.78 is 10.5. The summed E-state index contributed by atoms with van der Waals surface area (Å²) in [7, 11) is 3.12. The van der Waals surface area contributed by atoms with Crippen molar-refractivity contribution in [3.05, 3.63) is 35.5 Å². The molecule has 0 fully saturated rings. The first-order valence-electron chi connectivity index (χ1n) is 6.91. The molecule has 2 aromatic rings. The molecule has 6 heteroatoms. The number of rotatable bonds is 3. The summed E-state index contributed by atoms with van der Waals surface area (Å²) in [4.78, 5) is 27.1. The van der Waals surface area contributed by atoms with Crippen molar-refractivity contribution in [1.82, 2.24) is 10.3 Å². The molecule has 0 bridgehead atoms. The van der Waals surface area contributed by atoms with Crippen LogP contribution in [0.5, 0.6) is 11.5 Å². The molecule has 2 N–H and O–H groups in total. The number of carbonyl (C=O) groups excluding carboxylic acids is 2. The Morgan fingerprint density at radius 1 is 1.05 bits per heavy atom. The van der Waals surface area contributed by atoms with Crippen LogP contribution < -0.4 is 14.8 Å². The molecule has 114 valence electrons. The number of ether oxygens (including phenoxy) is 2. The highest BCUT2D eigenvalue weighted by molar-refractivity contribution is 6.09. The predicted molar refractivity (Wildman–Crippen MR) is 80.6 cm³/mol. The van der Waals surface area contributed by atoms with Gasteiger partial charge in [-0.15, -0.1) is 0 Å². The number of amides is 1. The van der Waals surface area contributed by atoms with Gasteiger partial charge in [0.15, 0.2) is 17.3 Å². The van der Waals surface area contributed by atoms with E-state index in [4.69, 9.17) is 9.47 Å². The molecular formula is C16H16N2O4. The van der Waals surface area contributed by atoms with Crippen LogP contribution in [-0.4, -0.2) is 37.4 Å². The summed E-state index contributed by atoms with van der Waals surface area (Å²) in [6.45, 7) is 0.367. The Morgan fingerprint density at radius 2 is 1.82 bits per heavy atom. The van der Waals surface area contributed by atoms with Crippen LogP contribution in [0.25, 0.3) is 11.3 Å². The number of hydrogen-bond acceptors (Lipinski definition) is 4. The summed E-state index contributed by atoms with van der Waals surface area (Å²) in [6, 6.07) is 7.13. The van der Waals surface area contributed by atoms with Crippen LogP contribution in [0.2, 0.25) is 0 Å². The minimum Gasteiger partial charge on any atom is -0.493 e. The molecule has 1 aliphatic heterocycles. The van der Waals surface area contributed by atoms with E-state index in [0.717, 1.165) is 5.56 Å². The summed E-state index contributed by atoms with van der Waals surface area (Å²) in [5, 5.41) is 2.70. The Bertz CT molecular complexity index is 715. The van der Waals surface area contributed by atoms with Crippen LogP contribution in [0.15, 0.2) is 24.3 Å². The van der Waals surface area contributed by atoms with E-state index in [-0.39, 0.29) is 11.7 Å². The number of Topliss-reactive ketones (excluding diaryl/α,β-unsaturated/α-hetero) is 1. The number of methoxy groups -OCH3 is 2. The van der Waals surface area contributed by atoms with Gasteiger partial charge in [0.05, 0.1) is 14.2 Å². The normalized spacial score (nSPS) is 14.1. The van der Waals surface area contributed by atoms with Crippen LogP contribution in [0.4, 0.5) is 0 Å². The fraction of sp³-hybridized carbons (Fsp3) is 0.250. The monoisotopic (exact) mass is 300 g/mol. The summed E-state index contributed by atoms with van der Waals surface area (Å²) in [5.41, 5.74) is 2.25. The minimum absolute atomic E-state index is 0.0451. The van der Waals surface area contributed by atoms with Crippen molar-refractivity contribution >= 4 is 11.7 Å². The molecule has 1 amide bonds. The lowest BCUT2D eigenvalue weighted by Gasteiger charge is -2.08. The van der Waals surface area contributed by atoms with Gasteiger partial charge in [-0.25, -0.2) is 0 Å². The van der Waals surface area contributed by atoms with Gasteiger partial charge < -0.3 is 19.8 Å². The third-order valence-electron chi connectivity index (χ3n) is 3.68. The lowest BCUT2D eigenvalue weighted by Crippen LogP contribution is -2.23. The summed E-state index contributed by atoms with van der Waals surface area (Å²) >= 11 is 0. The summed E-state index contributed by atoms with van der Waals surface area (Å²) in [6.07, 6.45) is 0.308. The first kappa shape index (κ1) is 14.2. The van der Waals surface area contributed by atoms with Crippen LogP contribution >= 0.6 is 0 Å². The zero-order valence-electron chi connectivity index (χ0n) is 12.4. The SMILES string of the molecule is COc1ccc(-c2cc3c([nH]2)C(=O)NCCC3=O)cc1OC. The highest BCUT2D eigenvalue weighted by atomic mass is 16.5. The van der Waals surface area contributed by atoms with E-state index in [1.165, 1.54) is 0 Å². The van der Waals surface area contributed by atoms with E-state index in [2.05, 4.69) is 10.3 Å².